The lowest BCUT2D eigenvalue weighted by Crippen LogP contribution is -2.53. The third kappa shape index (κ3) is 7.22. The molecule has 1 fully saturated rings. The van der Waals surface area contributed by atoms with Crippen molar-refractivity contribution in [2.24, 2.45) is 7.05 Å². The minimum Gasteiger partial charge on any atom is -0.508 e. The van der Waals surface area contributed by atoms with Crippen LogP contribution in [0.1, 0.15) is 31.8 Å². The van der Waals surface area contributed by atoms with E-state index in [1.54, 1.807) is 39.9 Å². The number of hydrogen-bond acceptors (Lipinski definition) is 5. The molecular formula is C46H43Cl2FN6O3. The monoisotopic (exact) mass is 816 g/mol. The summed E-state index contributed by atoms with van der Waals surface area (Å²) < 4.78 is 19.4. The van der Waals surface area contributed by atoms with Crippen LogP contribution in [0.4, 0.5) is 15.8 Å². The summed E-state index contributed by atoms with van der Waals surface area (Å²) in [5.41, 5.74) is 6.05. The van der Waals surface area contributed by atoms with Crippen molar-refractivity contribution in [3.05, 3.63) is 155 Å². The molecule has 0 unspecified atom stereocenters. The number of piperazine rings is 1. The maximum atomic E-state index is 15.6. The van der Waals surface area contributed by atoms with Crippen LogP contribution in [0.3, 0.4) is 0 Å². The quantitative estimate of drug-likeness (QED) is 0.174. The Balaban J connectivity index is 0.00000469. The van der Waals surface area contributed by atoms with E-state index in [0.717, 1.165) is 42.6 Å². The van der Waals surface area contributed by atoms with Crippen molar-refractivity contribution in [1.29, 1.82) is 0 Å². The summed E-state index contributed by atoms with van der Waals surface area (Å²) in [5.74, 6) is -1.25. The fourth-order valence-corrected chi connectivity index (χ4v) is 8.60. The van der Waals surface area contributed by atoms with Gasteiger partial charge in [-0.05, 0) is 91.3 Å². The number of carbonyl (C=O) groups is 2. The smallest absolute Gasteiger partial charge is 0.265 e. The number of aryl methyl sites for hydroxylation is 1. The molecule has 4 heterocycles. The van der Waals surface area contributed by atoms with Gasteiger partial charge in [-0.2, -0.15) is 0 Å². The number of benzene rings is 5. The first kappa shape index (κ1) is 39.2. The van der Waals surface area contributed by atoms with Crippen molar-refractivity contribution in [3.63, 3.8) is 0 Å². The molecule has 2 aromatic heterocycles. The standard InChI is InChI=1S/C46H42ClFN6O3.ClH/c1-49-19-21-51(22-20-49)28-35-23-30-7-3-4-8-32(30)27-52(35)45(56)38-25-41(48)40(47)26-44(38)53-29-39(37-9-5-6-10-43(37)53)46(57)54(33-11-14-36(55)15-12-33)34-13-16-42-31(24-34)17-18-50(42)2;/h3-18,24-26,29,35,55H,19-23,27-28H2,1-2H3;1H/t35-;/m0./s1. The Kier molecular flexibility index (Phi) is 10.8. The molecule has 2 aliphatic rings. The first-order valence-corrected chi connectivity index (χ1v) is 19.6. The van der Waals surface area contributed by atoms with Crippen LogP contribution >= 0.6 is 24.0 Å². The van der Waals surface area contributed by atoms with E-state index in [2.05, 4.69) is 29.0 Å². The Morgan fingerprint density at radius 1 is 0.810 bits per heavy atom. The number of rotatable bonds is 7. The molecule has 7 aromatic rings. The SMILES string of the molecule is CN1CCN(C[C@@H]2Cc3ccccc3CN2C(=O)c2cc(F)c(Cl)cc2-n2cc(C(=O)N(c3ccc(O)cc3)c3ccc4c(ccn4C)c3)c3ccccc32)CC1.Cl. The first-order chi connectivity index (χ1) is 27.6. The summed E-state index contributed by atoms with van der Waals surface area (Å²) >= 11 is 6.53. The number of nitrogens with zero attached hydrogens (tertiary/aromatic N) is 6. The van der Waals surface area contributed by atoms with Gasteiger partial charge in [0, 0.05) is 92.4 Å². The van der Waals surface area contributed by atoms with E-state index in [4.69, 9.17) is 11.6 Å². The van der Waals surface area contributed by atoms with Gasteiger partial charge in [-0.25, -0.2) is 4.39 Å². The van der Waals surface area contributed by atoms with Gasteiger partial charge < -0.3 is 24.0 Å². The van der Waals surface area contributed by atoms with Crippen molar-refractivity contribution in [1.82, 2.24) is 23.8 Å². The van der Waals surface area contributed by atoms with E-state index < -0.39 is 5.82 Å². The second-order valence-electron chi connectivity index (χ2n) is 15.2. The average molecular weight is 818 g/mol. The van der Waals surface area contributed by atoms with Gasteiger partial charge in [-0.3, -0.25) is 19.4 Å². The molecule has 2 amide bonds. The zero-order valence-electron chi connectivity index (χ0n) is 32.2. The van der Waals surface area contributed by atoms with Crippen LogP contribution in [0.25, 0.3) is 27.5 Å². The van der Waals surface area contributed by atoms with E-state index in [9.17, 15) is 5.11 Å². The van der Waals surface area contributed by atoms with Gasteiger partial charge in [-0.1, -0.05) is 54.1 Å². The van der Waals surface area contributed by atoms with Gasteiger partial charge in [0.25, 0.3) is 11.8 Å². The molecule has 0 aliphatic carbocycles. The lowest BCUT2D eigenvalue weighted by Gasteiger charge is -2.41. The second-order valence-corrected chi connectivity index (χ2v) is 15.6. The number of aromatic hydroxyl groups is 1. The number of phenols is 1. The minimum absolute atomic E-state index is 0. The van der Waals surface area contributed by atoms with E-state index in [1.807, 2.05) is 83.4 Å². The predicted molar refractivity (Wildman–Crippen MR) is 231 cm³/mol. The fourth-order valence-electron chi connectivity index (χ4n) is 8.44. The van der Waals surface area contributed by atoms with Crippen LogP contribution in [0.15, 0.2) is 122 Å². The number of aromatic nitrogens is 2. The van der Waals surface area contributed by atoms with Crippen molar-refractivity contribution >= 4 is 69.0 Å². The number of para-hydroxylation sites is 1. The fraction of sp³-hybridized carbons (Fsp3) is 0.217. The Hall–Kier alpha value is -5.65. The summed E-state index contributed by atoms with van der Waals surface area (Å²) in [6.07, 6.45) is 4.38. The highest BCUT2D eigenvalue weighted by Gasteiger charge is 2.34. The summed E-state index contributed by atoms with van der Waals surface area (Å²) in [6.45, 7) is 4.81. The van der Waals surface area contributed by atoms with Crippen LogP contribution in [0, 0.1) is 5.82 Å². The van der Waals surface area contributed by atoms with Gasteiger partial charge in [0.2, 0.25) is 0 Å². The minimum atomic E-state index is -0.695. The number of halogens is 3. The number of likely N-dealkylation sites (N-methyl/N-ethyl adjacent to an activating group) is 1. The molecule has 0 saturated carbocycles. The second kappa shape index (κ2) is 15.9. The number of phenolic OH excluding ortho intramolecular Hbond substituents is 1. The van der Waals surface area contributed by atoms with Crippen molar-refractivity contribution < 1.29 is 19.1 Å². The maximum Gasteiger partial charge on any atom is 0.265 e. The molecule has 1 atom stereocenters. The number of anilines is 2. The number of fused-ring (bicyclic) bond motifs is 3. The molecule has 5 aromatic carbocycles. The van der Waals surface area contributed by atoms with Crippen molar-refractivity contribution in [2.45, 2.75) is 19.0 Å². The summed E-state index contributed by atoms with van der Waals surface area (Å²) in [4.78, 5) is 38.3. The summed E-state index contributed by atoms with van der Waals surface area (Å²) in [5, 5.41) is 11.6. The number of amides is 2. The van der Waals surface area contributed by atoms with Crippen LogP contribution in [0.2, 0.25) is 5.02 Å². The van der Waals surface area contributed by atoms with Crippen molar-refractivity contribution in [3.8, 4) is 11.4 Å². The molecule has 1 saturated heterocycles. The third-order valence-electron chi connectivity index (χ3n) is 11.6. The maximum absolute atomic E-state index is 15.6. The number of carbonyl (C=O) groups excluding carboxylic acids is 2. The third-order valence-corrected chi connectivity index (χ3v) is 11.9. The highest BCUT2D eigenvalue weighted by molar-refractivity contribution is 6.31. The van der Waals surface area contributed by atoms with Crippen LogP contribution < -0.4 is 4.90 Å². The molecule has 0 spiro atoms. The Morgan fingerprint density at radius 3 is 2.29 bits per heavy atom. The van der Waals surface area contributed by atoms with Crippen LogP contribution in [-0.4, -0.2) is 86.6 Å². The molecule has 0 bridgehead atoms. The highest BCUT2D eigenvalue weighted by atomic mass is 35.5. The predicted octanol–water partition coefficient (Wildman–Crippen LogP) is 8.84. The Bertz CT molecular complexity index is 2670. The molecule has 296 valence electrons. The molecule has 2 aliphatic heterocycles. The Labute approximate surface area is 347 Å². The molecule has 58 heavy (non-hydrogen) atoms. The lowest BCUT2D eigenvalue weighted by atomic mass is 9.92. The van der Waals surface area contributed by atoms with E-state index >= 15 is 14.0 Å². The van der Waals surface area contributed by atoms with Crippen molar-refractivity contribution in [2.75, 3.05) is 44.7 Å². The molecule has 9 rings (SSSR count). The largest absolute Gasteiger partial charge is 0.508 e. The zero-order valence-corrected chi connectivity index (χ0v) is 33.8. The van der Waals surface area contributed by atoms with Gasteiger partial charge in [0.1, 0.15) is 11.6 Å². The van der Waals surface area contributed by atoms with E-state index in [0.29, 0.717) is 53.0 Å². The normalized spacial score (nSPS) is 16.0. The molecular weight excluding hydrogens is 774 g/mol. The topological polar surface area (TPSA) is 77.2 Å². The van der Waals surface area contributed by atoms with E-state index in [1.165, 1.54) is 17.7 Å². The summed E-state index contributed by atoms with van der Waals surface area (Å²) in [6, 6.07) is 32.6. The number of hydrogen-bond donors (Lipinski definition) is 1. The first-order valence-electron chi connectivity index (χ1n) is 19.2. The molecule has 9 nitrogen and oxygen atoms in total. The lowest BCUT2D eigenvalue weighted by molar-refractivity contribution is 0.0535. The highest BCUT2D eigenvalue weighted by Crippen LogP contribution is 2.37. The summed E-state index contributed by atoms with van der Waals surface area (Å²) in [7, 11) is 4.09. The van der Waals surface area contributed by atoms with Gasteiger partial charge in [0.15, 0.2) is 0 Å². The average Bonchev–Trinajstić information content (AvgIpc) is 3.80. The zero-order chi connectivity index (χ0) is 39.4. The Morgan fingerprint density at radius 2 is 1.52 bits per heavy atom. The van der Waals surface area contributed by atoms with E-state index in [-0.39, 0.29) is 46.6 Å². The van der Waals surface area contributed by atoms with Gasteiger partial charge >= 0.3 is 0 Å². The molecule has 0 radical (unpaired) electrons. The molecule has 12 heteroatoms. The molecule has 1 N–H and O–H groups in total. The van der Waals surface area contributed by atoms with Gasteiger partial charge in [0.05, 0.1) is 27.4 Å². The van der Waals surface area contributed by atoms with Crippen LogP contribution in [-0.2, 0) is 20.0 Å². The van der Waals surface area contributed by atoms with Crippen LogP contribution in [0.5, 0.6) is 5.75 Å². The van der Waals surface area contributed by atoms with Gasteiger partial charge in [-0.15, -0.1) is 12.4 Å².